The van der Waals surface area contributed by atoms with Gasteiger partial charge >= 0.3 is 59.9 Å². The molecule has 42 valence electrons. The van der Waals surface area contributed by atoms with E-state index in [1.807, 2.05) is 12.1 Å². The minimum atomic E-state index is 1.19. The average molecular weight is 373 g/mol. The van der Waals surface area contributed by atoms with Gasteiger partial charge in [-0.25, -0.2) is 0 Å². The Morgan fingerprint density at radius 3 is 1.44 bits per heavy atom. The molecule has 0 atom stereocenters. The van der Waals surface area contributed by atoms with Gasteiger partial charge in [0, 0.05) is 0 Å². The summed E-state index contributed by atoms with van der Waals surface area (Å²) >= 11 is 9.96. The summed E-state index contributed by atoms with van der Waals surface area (Å²) < 4.78 is 0. The van der Waals surface area contributed by atoms with Crippen molar-refractivity contribution in [2.45, 2.75) is 0 Å². The van der Waals surface area contributed by atoms with Gasteiger partial charge in [0.1, 0.15) is 0 Å². The van der Waals surface area contributed by atoms with E-state index in [0.29, 0.717) is 0 Å². The first-order chi connectivity index (χ1) is 4.50. The van der Waals surface area contributed by atoms with Crippen LogP contribution >= 0.6 is 38.6 Å². The second-order valence-corrected chi connectivity index (χ2v) is 1.35. The Hall–Kier alpha value is 1.91. The molecule has 0 spiro atoms. The molecule has 0 aromatic carbocycles. The quantitative estimate of drug-likeness (QED) is 0.485. The molecular formula is C4H2Br2SZn2. The molecule has 0 aliphatic carbocycles. The van der Waals surface area contributed by atoms with Gasteiger partial charge in [0.15, 0.2) is 0 Å². The van der Waals surface area contributed by atoms with E-state index < -0.39 is 0 Å². The van der Waals surface area contributed by atoms with E-state index in [-0.39, 0.29) is 0 Å². The summed E-state index contributed by atoms with van der Waals surface area (Å²) in [5, 5.41) is 5.69. The molecule has 0 aliphatic rings. The molecule has 0 amide bonds. The zero-order valence-electron chi connectivity index (χ0n) is 4.73. The first-order valence-electron chi connectivity index (χ1n) is 1.85. The standard InChI is InChI=1S/C4H2S.2BrH.2Zn/c1-2-4-5-3-1;;;;/h1-2H;2*1H;;/q-2;;;2*+2/p-2. The van der Waals surface area contributed by atoms with Crippen molar-refractivity contribution < 1.29 is 32.7 Å². The molecule has 1 aromatic heterocycles. The van der Waals surface area contributed by atoms with Crippen molar-refractivity contribution >= 4 is 38.6 Å². The van der Waals surface area contributed by atoms with Crippen LogP contribution in [-0.2, 0) is 32.7 Å². The number of rotatable bonds is 0. The minimum absolute atomic E-state index is 1.19. The Bertz CT molecular complexity index is 73.0. The third-order valence-corrected chi connectivity index (χ3v) is 0.845. The third kappa shape index (κ3) is 13.0. The van der Waals surface area contributed by atoms with Crippen LogP contribution < -0.4 is 0 Å². The van der Waals surface area contributed by atoms with E-state index in [4.69, 9.17) is 0 Å². The molecule has 0 fully saturated rings. The Morgan fingerprint density at radius 2 is 1.33 bits per heavy atom. The van der Waals surface area contributed by atoms with Crippen molar-refractivity contribution in [2.75, 3.05) is 0 Å². The fraction of sp³-hybridized carbons (Fsp3) is 0. The fourth-order valence-electron chi connectivity index (χ4n) is 0.170. The zero-order chi connectivity index (χ0) is 7.54. The van der Waals surface area contributed by atoms with Gasteiger partial charge in [-0.3, -0.25) is 0 Å². The summed E-state index contributed by atoms with van der Waals surface area (Å²) in [6.07, 6.45) is 0. The smallest absolute Gasteiger partial charge is 0.301 e. The number of hydrogen-bond donors (Lipinski definition) is 0. The van der Waals surface area contributed by atoms with E-state index in [1.54, 1.807) is 0 Å². The van der Waals surface area contributed by atoms with Crippen LogP contribution in [0.15, 0.2) is 12.1 Å². The van der Waals surface area contributed by atoms with Crippen LogP contribution in [0.5, 0.6) is 0 Å². The topological polar surface area (TPSA) is 0 Å². The molecular weight excluding hydrogens is 371 g/mol. The van der Waals surface area contributed by atoms with Gasteiger partial charge in [0.2, 0.25) is 0 Å². The molecule has 0 radical (unpaired) electrons. The maximum Gasteiger partial charge on any atom is -0.301 e. The molecule has 0 N–H and O–H groups in total. The van der Waals surface area contributed by atoms with Crippen LogP contribution in [0.3, 0.4) is 0 Å². The summed E-state index contributed by atoms with van der Waals surface area (Å²) in [6, 6.07) is 3.68. The molecule has 1 heterocycles. The largest absolute Gasteiger partial charge is 0.474 e. The molecule has 0 saturated heterocycles. The Labute approximate surface area is 92.9 Å². The minimum Gasteiger partial charge on any atom is -0.474 e. The maximum atomic E-state index is 3.06. The van der Waals surface area contributed by atoms with Crippen LogP contribution in [-0.4, -0.2) is 0 Å². The van der Waals surface area contributed by atoms with E-state index in [9.17, 15) is 0 Å². The van der Waals surface area contributed by atoms with Crippen LogP contribution in [0.25, 0.3) is 0 Å². The number of halogens is 2. The number of thiophene rings is 1. The SMILES string of the molecule is [Zn+][Br].[Zn+][Br].[c-]1cc[c-]s1. The summed E-state index contributed by atoms with van der Waals surface area (Å²) in [6.45, 7) is 0. The summed E-state index contributed by atoms with van der Waals surface area (Å²) in [4.78, 5) is 0. The average Bonchev–Trinajstić information content (AvgIpc) is 2.51. The van der Waals surface area contributed by atoms with Gasteiger partial charge in [0.25, 0.3) is 0 Å². The Kier molecular flexibility index (Phi) is 24.7. The van der Waals surface area contributed by atoms with Crippen LogP contribution in [0, 0.1) is 10.8 Å². The molecule has 0 saturated carbocycles. The van der Waals surface area contributed by atoms with Crippen LogP contribution in [0.2, 0.25) is 0 Å². The van der Waals surface area contributed by atoms with Gasteiger partial charge < -0.3 is 34.2 Å². The first kappa shape index (κ1) is 13.5. The molecule has 0 aliphatic heterocycles. The monoisotopic (exact) mass is 368 g/mol. The molecule has 1 rings (SSSR count). The van der Waals surface area contributed by atoms with Crippen molar-refractivity contribution in [3.05, 3.63) is 22.9 Å². The molecule has 9 heavy (non-hydrogen) atoms. The summed E-state index contributed by atoms with van der Waals surface area (Å²) in [5.74, 6) is 0. The normalized spacial score (nSPS) is 6.00. The predicted octanol–water partition coefficient (Wildman–Crippen LogP) is 3.03. The van der Waals surface area contributed by atoms with E-state index in [2.05, 4.69) is 38.0 Å². The molecule has 0 unspecified atom stereocenters. The summed E-state index contributed by atoms with van der Waals surface area (Å²) in [7, 11) is 0. The van der Waals surface area contributed by atoms with Crippen molar-refractivity contribution in [3.63, 3.8) is 0 Å². The first-order valence-corrected chi connectivity index (χ1v) is 16.6. The Morgan fingerprint density at radius 1 is 1.00 bits per heavy atom. The van der Waals surface area contributed by atoms with Gasteiger partial charge in [0.05, 0.1) is 0 Å². The van der Waals surface area contributed by atoms with Gasteiger partial charge in [-0.2, -0.15) is 0 Å². The van der Waals surface area contributed by atoms with Crippen molar-refractivity contribution in [1.82, 2.24) is 0 Å². The third-order valence-electron chi connectivity index (χ3n) is 0.337. The molecule has 5 heteroatoms. The van der Waals surface area contributed by atoms with E-state index >= 15 is 0 Å². The van der Waals surface area contributed by atoms with Crippen molar-refractivity contribution in [1.29, 1.82) is 0 Å². The Balaban J connectivity index is 0. The zero-order valence-corrected chi connectivity index (χ0v) is 14.7. The second-order valence-electron chi connectivity index (χ2n) is 0.671. The number of hydrogen-bond acceptors (Lipinski definition) is 1. The van der Waals surface area contributed by atoms with Crippen molar-refractivity contribution in [2.24, 2.45) is 0 Å². The second kappa shape index (κ2) is 16.5. The van der Waals surface area contributed by atoms with E-state index in [0.717, 1.165) is 0 Å². The van der Waals surface area contributed by atoms with Gasteiger partial charge in [-0.1, -0.05) is 0 Å². The predicted molar refractivity (Wildman–Crippen MR) is 39.8 cm³/mol. The van der Waals surface area contributed by atoms with E-state index in [1.165, 1.54) is 44.0 Å². The van der Waals surface area contributed by atoms with Crippen LogP contribution in [0.4, 0.5) is 0 Å². The van der Waals surface area contributed by atoms with Gasteiger partial charge in [-0.15, -0.1) is 0 Å². The molecule has 0 bridgehead atoms. The van der Waals surface area contributed by atoms with Gasteiger partial charge in [-0.05, 0) is 0 Å². The fourth-order valence-corrected chi connectivity index (χ4v) is 0.510. The maximum absolute atomic E-state index is 3.06. The van der Waals surface area contributed by atoms with Crippen LogP contribution in [0.1, 0.15) is 0 Å². The molecule has 1 aromatic rings. The molecule has 0 nitrogen and oxygen atoms in total. The van der Waals surface area contributed by atoms with Crippen molar-refractivity contribution in [3.8, 4) is 0 Å². The summed E-state index contributed by atoms with van der Waals surface area (Å²) in [5.41, 5.74) is 0.